The summed E-state index contributed by atoms with van der Waals surface area (Å²) in [6, 6.07) is 8.99. The van der Waals surface area contributed by atoms with Gasteiger partial charge in [0, 0.05) is 0 Å². The third kappa shape index (κ3) is 2.53. The van der Waals surface area contributed by atoms with E-state index in [0.717, 1.165) is 12.5 Å². The lowest BCUT2D eigenvalue weighted by molar-refractivity contribution is 0.376. The van der Waals surface area contributed by atoms with Crippen molar-refractivity contribution in [2.75, 3.05) is 6.61 Å². The lowest BCUT2D eigenvalue weighted by Gasteiger charge is -2.22. The summed E-state index contributed by atoms with van der Waals surface area (Å²) in [5, 5.41) is 0. The first kappa shape index (κ1) is 11.2. The number of epoxide rings is 1. The fourth-order valence-electron chi connectivity index (χ4n) is 2.90. The normalized spacial score (nSPS) is 26.8. The molecule has 2 fully saturated rings. The molecule has 2 aliphatic rings. The van der Waals surface area contributed by atoms with Crippen molar-refractivity contribution < 1.29 is 4.74 Å². The Morgan fingerprint density at radius 3 is 2.29 bits per heavy atom. The predicted octanol–water partition coefficient (Wildman–Crippen LogP) is 3.13. The molecule has 92 valence electrons. The van der Waals surface area contributed by atoms with Crippen molar-refractivity contribution in [3.63, 3.8) is 0 Å². The Kier molecular flexibility index (Phi) is 3.17. The van der Waals surface area contributed by atoms with Crippen molar-refractivity contribution in [2.24, 2.45) is 5.73 Å². The molecule has 1 saturated carbocycles. The van der Waals surface area contributed by atoms with Crippen LogP contribution in [0.3, 0.4) is 0 Å². The highest BCUT2D eigenvalue weighted by atomic mass is 16.6. The van der Waals surface area contributed by atoms with E-state index in [0.29, 0.717) is 0 Å². The molecule has 1 aliphatic carbocycles. The Morgan fingerprint density at radius 1 is 1.06 bits per heavy atom. The van der Waals surface area contributed by atoms with Crippen molar-refractivity contribution in [1.29, 1.82) is 0 Å². The zero-order chi connectivity index (χ0) is 11.7. The lowest BCUT2D eigenvalue weighted by Crippen LogP contribution is -2.16. The number of ether oxygens (including phenoxy) is 1. The highest BCUT2D eigenvalue weighted by Crippen LogP contribution is 2.33. The summed E-state index contributed by atoms with van der Waals surface area (Å²) in [4.78, 5) is 0. The zero-order valence-electron chi connectivity index (χ0n) is 10.3. The average molecular weight is 231 g/mol. The first-order valence-electron chi connectivity index (χ1n) is 6.81. The van der Waals surface area contributed by atoms with Crippen molar-refractivity contribution >= 4 is 0 Å². The second kappa shape index (κ2) is 4.79. The summed E-state index contributed by atoms with van der Waals surface area (Å²) in [7, 11) is 0. The summed E-state index contributed by atoms with van der Waals surface area (Å²) in [6.07, 6.45) is 7.17. The summed E-state index contributed by atoms with van der Waals surface area (Å²) >= 11 is 0. The van der Waals surface area contributed by atoms with Gasteiger partial charge >= 0.3 is 0 Å². The predicted molar refractivity (Wildman–Crippen MR) is 68.9 cm³/mol. The van der Waals surface area contributed by atoms with Gasteiger partial charge in [-0.1, -0.05) is 43.5 Å². The van der Waals surface area contributed by atoms with Crippen molar-refractivity contribution in [1.82, 2.24) is 0 Å². The Labute approximate surface area is 103 Å². The molecule has 1 aromatic carbocycles. The van der Waals surface area contributed by atoms with Gasteiger partial charge in [-0.2, -0.15) is 0 Å². The van der Waals surface area contributed by atoms with Crippen LogP contribution in [0, 0.1) is 0 Å². The maximum Gasteiger partial charge on any atom is 0.100 e. The van der Waals surface area contributed by atoms with Gasteiger partial charge in [-0.05, 0) is 29.9 Å². The molecule has 1 aliphatic heterocycles. The minimum Gasteiger partial charge on any atom is -0.371 e. The molecule has 1 saturated heterocycles. The molecule has 2 heteroatoms. The summed E-state index contributed by atoms with van der Waals surface area (Å²) in [5.74, 6) is 0.784. The molecule has 0 spiro atoms. The minimum atomic E-state index is 0.0652. The van der Waals surface area contributed by atoms with Gasteiger partial charge in [0.15, 0.2) is 0 Å². The second-order valence-electron chi connectivity index (χ2n) is 5.40. The fourth-order valence-corrected chi connectivity index (χ4v) is 2.90. The van der Waals surface area contributed by atoms with E-state index < -0.39 is 0 Å². The van der Waals surface area contributed by atoms with Crippen molar-refractivity contribution in [3.8, 4) is 0 Å². The fraction of sp³-hybridized carbons (Fsp3) is 0.600. The smallest absolute Gasteiger partial charge is 0.100 e. The van der Waals surface area contributed by atoms with E-state index in [4.69, 9.17) is 10.5 Å². The standard InChI is InChI=1S/C15H21NO/c16-15(14-10-17-14)13-8-6-12(7-9-13)11-4-2-1-3-5-11/h6-9,11,14-15H,1-5,10,16H2. The van der Waals surface area contributed by atoms with Crippen LogP contribution in [0.15, 0.2) is 24.3 Å². The molecule has 0 amide bonds. The molecule has 0 aromatic heterocycles. The molecule has 0 radical (unpaired) electrons. The number of nitrogens with two attached hydrogens (primary N) is 1. The van der Waals surface area contributed by atoms with Gasteiger partial charge in [-0.25, -0.2) is 0 Å². The molecule has 17 heavy (non-hydrogen) atoms. The van der Waals surface area contributed by atoms with Gasteiger partial charge in [-0.15, -0.1) is 0 Å². The topological polar surface area (TPSA) is 38.5 Å². The quantitative estimate of drug-likeness (QED) is 0.812. The number of benzene rings is 1. The van der Waals surface area contributed by atoms with Gasteiger partial charge in [0.25, 0.3) is 0 Å². The van der Waals surface area contributed by atoms with E-state index in [-0.39, 0.29) is 12.1 Å². The Hall–Kier alpha value is -0.860. The van der Waals surface area contributed by atoms with E-state index in [1.807, 2.05) is 0 Å². The largest absolute Gasteiger partial charge is 0.371 e. The minimum absolute atomic E-state index is 0.0652. The Morgan fingerprint density at radius 2 is 1.71 bits per heavy atom. The van der Waals surface area contributed by atoms with Gasteiger partial charge in [0.1, 0.15) is 6.10 Å². The van der Waals surface area contributed by atoms with Crippen molar-refractivity contribution in [2.45, 2.75) is 50.2 Å². The molecule has 2 unspecified atom stereocenters. The number of hydrogen-bond donors (Lipinski definition) is 1. The van der Waals surface area contributed by atoms with E-state index in [1.54, 1.807) is 0 Å². The lowest BCUT2D eigenvalue weighted by atomic mass is 9.83. The third-order valence-corrected chi connectivity index (χ3v) is 4.16. The maximum absolute atomic E-state index is 6.10. The van der Waals surface area contributed by atoms with E-state index >= 15 is 0 Å². The summed E-state index contributed by atoms with van der Waals surface area (Å²) in [6.45, 7) is 0.825. The number of hydrogen-bond acceptors (Lipinski definition) is 2. The molecule has 2 atom stereocenters. The van der Waals surface area contributed by atoms with Crippen LogP contribution < -0.4 is 5.73 Å². The third-order valence-electron chi connectivity index (χ3n) is 4.16. The van der Waals surface area contributed by atoms with E-state index in [1.165, 1.54) is 43.2 Å². The SMILES string of the molecule is NC(c1ccc(C2CCCCC2)cc1)C1CO1. The van der Waals surface area contributed by atoms with Crippen LogP contribution in [0.2, 0.25) is 0 Å². The van der Waals surface area contributed by atoms with Crippen LogP contribution in [0.4, 0.5) is 0 Å². The van der Waals surface area contributed by atoms with E-state index in [9.17, 15) is 0 Å². The van der Waals surface area contributed by atoms with Crippen LogP contribution in [0.25, 0.3) is 0 Å². The van der Waals surface area contributed by atoms with Crippen LogP contribution in [-0.2, 0) is 4.74 Å². The first-order chi connectivity index (χ1) is 8.34. The zero-order valence-corrected chi connectivity index (χ0v) is 10.3. The summed E-state index contributed by atoms with van der Waals surface area (Å²) < 4.78 is 5.25. The molecule has 1 heterocycles. The average Bonchev–Trinajstić information content (AvgIpc) is 3.24. The van der Waals surface area contributed by atoms with E-state index in [2.05, 4.69) is 24.3 Å². The van der Waals surface area contributed by atoms with Crippen molar-refractivity contribution in [3.05, 3.63) is 35.4 Å². The first-order valence-corrected chi connectivity index (χ1v) is 6.81. The summed E-state index contributed by atoms with van der Waals surface area (Å²) in [5.41, 5.74) is 8.82. The molecule has 2 N–H and O–H groups in total. The monoisotopic (exact) mass is 231 g/mol. The molecule has 0 bridgehead atoms. The van der Waals surface area contributed by atoms with Gasteiger partial charge < -0.3 is 10.5 Å². The van der Waals surface area contributed by atoms with Crippen LogP contribution in [0.1, 0.15) is 55.2 Å². The number of rotatable bonds is 3. The van der Waals surface area contributed by atoms with Crippen LogP contribution in [-0.4, -0.2) is 12.7 Å². The Bertz CT molecular complexity index is 363. The van der Waals surface area contributed by atoms with Gasteiger partial charge in [-0.3, -0.25) is 0 Å². The van der Waals surface area contributed by atoms with Gasteiger partial charge in [0.05, 0.1) is 12.6 Å². The second-order valence-corrected chi connectivity index (χ2v) is 5.40. The molecular formula is C15H21NO. The maximum atomic E-state index is 6.10. The molecule has 3 rings (SSSR count). The molecule has 2 nitrogen and oxygen atoms in total. The van der Waals surface area contributed by atoms with Crippen LogP contribution >= 0.6 is 0 Å². The van der Waals surface area contributed by atoms with Gasteiger partial charge in [0.2, 0.25) is 0 Å². The van der Waals surface area contributed by atoms with Crippen LogP contribution in [0.5, 0.6) is 0 Å². The Balaban J connectivity index is 1.70. The highest BCUT2D eigenvalue weighted by Gasteiger charge is 2.31. The molecular weight excluding hydrogens is 210 g/mol. The molecule has 1 aromatic rings. The highest BCUT2D eigenvalue weighted by molar-refractivity contribution is 5.28.